The summed E-state index contributed by atoms with van der Waals surface area (Å²) < 4.78 is 6.16. The van der Waals surface area contributed by atoms with Gasteiger partial charge in [0, 0.05) is 29.8 Å². The van der Waals surface area contributed by atoms with Crippen LogP contribution in [-0.4, -0.2) is 35.0 Å². The van der Waals surface area contributed by atoms with Gasteiger partial charge in [0.15, 0.2) is 10.1 Å². The van der Waals surface area contributed by atoms with Crippen LogP contribution >= 0.6 is 23.1 Å². The Morgan fingerprint density at radius 1 is 1.32 bits per heavy atom. The molecule has 3 rings (SSSR count). The van der Waals surface area contributed by atoms with E-state index in [0.717, 1.165) is 28.5 Å². The molecule has 1 aromatic carbocycles. The van der Waals surface area contributed by atoms with E-state index in [2.05, 4.69) is 10.2 Å². The van der Waals surface area contributed by atoms with Crippen molar-refractivity contribution in [1.82, 2.24) is 10.2 Å². The monoisotopic (exact) mass is 377 g/mol. The van der Waals surface area contributed by atoms with Gasteiger partial charge in [-0.25, -0.2) is 0 Å². The topological polar surface area (TPSA) is 72.4 Å². The fourth-order valence-electron chi connectivity index (χ4n) is 2.49. The third-order valence-corrected chi connectivity index (χ3v) is 6.00. The van der Waals surface area contributed by atoms with Crippen LogP contribution in [-0.2, 0) is 10.5 Å². The van der Waals surface area contributed by atoms with Crippen LogP contribution in [0.1, 0.15) is 42.6 Å². The summed E-state index contributed by atoms with van der Waals surface area (Å²) in [5, 5.41) is 9.01. The standard InChI is InChI=1S/C17H19N3O3S2/c1-10(21)12-4-7-15(23-3)13(8-12)9-24-17-19-18-16(25-17)20(11(2)22)14-5-6-14/h4,7-8,14H,5-6,9H2,1-3H3. The summed E-state index contributed by atoms with van der Waals surface area (Å²) in [6.45, 7) is 3.11. The van der Waals surface area contributed by atoms with Crippen molar-refractivity contribution >= 4 is 39.9 Å². The van der Waals surface area contributed by atoms with E-state index >= 15 is 0 Å². The largest absolute Gasteiger partial charge is 0.496 e. The fraction of sp³-hybridized carbons (Fsp3) is 0.412. The third-order valence-electron chi connectivity index (χ3n) is 3.89. The second kappa shape index (κ2) is 7.53. The minimum absolute atomic E-state index is 0.00558. The van der Waals surface area contributed by atoms with E-state index < -0.39 is 0 Å². The van der Waals surface area contributed by atoms with Crippen molar-refractivity contribution in [1.29, 1.82) is 0 Å². The number of ether oxygens (including phenoxy) is 1. The van der Waals surface area contributed by atoms with E-state index in [4.69, 9.17) is 4.74 Å². The zero-order valence-corrected chi connectivity index (χ0v) is 15.9. The normalized spacial score (nSPS) is 13.6. The molecule has 8 heteroatoms. The molecule has 1 aliphatic carbocycles. The molecule has 6 nitrogen and oxygen atoms in total. The van der Waals surface area contributed by atoms with Crippen LogP contribution in [0.2, 0.25) is 0 Å². The first-order valence-corrected chi connectivity index (χ1v) is 9.73. The van der Waals surface area contributed by atoms with Gasteiger partial charge in [-0.05, 0) is 38.0 Å². The Hall–Kier alpha value is -1.93. The highest BCUT2D eigenvalue weighted by Gasteiger charge is 2.34. The van der Waals surface area contributed by atoms with Crippen molar-refractivity contribution in [3.8, 4) is 5.75 Å². The molecule has 1 heterocycles. The van der Waals surface area contributed by atoms with E-state index in [-0.39, 0.29) is 17.7 Å². The lowest BCUT2D eigenvalue weighted by Gasteiger charge is -2.15. The number of carbonyl (C=O) groups is 2. The number of ketones is 1. The van der Waals surface area contributed by atoms with Crippen LogP contribution in [0.3, 0.4) is 0 Å². The Kier molecular flexibility index (Phi) is 5.39. The summed E-state index contributed by atoms with van der Waals surface area (Å²) in [6.07, 6.45) is 2.05. The first-order chi connectivity index (χ1) is 12.0. The number of aromatic nitrogens is 2. The van der Waals surface area contributed by atoms with Gasteiger partial charge >= 0.3 is 0 Å². The number of hydrogen-bond acceptors (Lipinski definition) is 7. The zero-order chi connectivity index (χ0) is 18.0. The van der Waals surface area contributed by atoms with Gasteiger partial charge in [-0.1, -0.05) is 23.1 Å². The highest BCUT2D eigenvalue weighted by Crippen LogP contribution is 2.37. The van der Waals surface area contributed by atoms with Crippen molar-refractivity contribution in [3.63, 3.8) is 0 Å². The van der Waals surface area contributed by atoms with Crippen molar-refractivity contribution < 1.29 is 14.3 Å². The number of nitrogens with zero attached hydrogens (tertiary/aromatic N) is 3. The minimum atomic E-state index is 0.00558. The molecule has 1 aromatic heterocycles. The van der Waals surface area contributed by atoms with Crippen molar-refractivity contribution in [2.75, 3.05) is 12.0 Å². The highest BCUT2D eigenvalue weighted by atomic mass is 32.2. The number of rotatable bonds is 7. The van der Waals surface area contributed by atoms with Crippen LogP contribution in [0.25, 0.3) is 0 Å². The van der Waals surface area contributed by atoms with Gasteiger partial charge in [-0.15, -0.1) is 10.2 Å². The Labute approximate surface area is 154 Å². The van der Waals surface area contributed by atoms with Gasteiger partial charge in [-0.2, -0.15) is 0 Å². The van der Waals surface area contributed by atoms with Crippen LogP contribution in [0, 0.1) is 0 Å². The number of anilines is 1. The molecule has 0 atom stereocenters. The van der Waals surface area contributed by atoms with Crippen LogP contribution in [0.4, 0.5) is 5.13 Å². The fourth-order valence-corrected chi connectivity index (χ4v) is 4.42. The Bertz CT molecular complexity index is 802. The molecular weight excluding hydrogens is 358 g/mol. The molecule has 1 aliphatic rings. The maximum Gasteiger partial charge on any atom is 0.225 e. The lowest BCUT2D eigenvalue weighted by Crippen LogP contribution is -2.30. The lowest BCUT2D eigenvalue weighted by atomic mass is 10.1. The molecule has 0 radical (unpaired) electrons. The summed E-state index contributed by atoms with van der Waals surface area (Å²) >= 11 is 2.94. The molecule has 0 unspecified atom stereocenters. The summed E-state index contributed by atoms with van der Waals surface area (Å²) in [5.74, 6) is 1.38. The van der Waals surface area contributed by atoms with Crippen molar-refractivity contribution in [3.05, 3.63) is 29.3 Å². The molecular formula is C17H19N3O3S2. The van der Waals surface area contributed by atoms with Gasteiger partial charge in [0.05, 0.1) is 7.11 Å². The Morgan fingerprint density at radius 2 is 2.08 bits per heavy atom. The molecule has 0 bridgehead atoms. The molecule has 1 fully saturated rings. The average molecular weight is 377 g/mol. The number of thioether (sulfide) groups is 1. The summed E-state index contributed by atoms with van der Waals surface area (Å²) in [4.78, 5) is 25.1. The first kappa shape index (κ1) is 17.9. The summed E-state index contributed by atoms with van der Waals surface area (Å²) in [6, 6.07) is 5.69. The maximum absolute atomic E-state index is 11.8. The van der Waals surface area contributed by atoms with Crippen molar-refractivity contribution in [2.45, 2.75) is 42.8 Å². The smallest absolute Gasteiger partial charge is 0.225 e. The second-order valence-electron chi connectivity index (χ2n) is 5.84. The number of amides is 1. The number of Topliss-reactive ketones (excluding diaryl/α,β-unsaturated/α-hetero) is 1. The molecule has 132 valence electrons. The van der Waals surface area contributed by atoms with E-state index in [9.17, 15) is 9.59 Å². The van der Waals surface area contributed by atoms with Crippen LogP contribution in [0.15, 0.2) is 22.5 Å². The number of carbonyl (C=O) groups excluding carboxylic acids is 2. The quantitative estimate of drug-likeness (QED) is 0.417. The highest BCUT2D eigenvalue weighted by molar-refractivity contribution is 8.00. The molecule has 0 saturated heterocycles. The molecule has 0 aliphatic heterocycles. The molecule has 0 spiro atoms. The van der Waals surface area contributed by atoms with Gasteiger partial charge in [0.1, 0.15) is 5.75 Å². The van der Waals surface area contributed by atoms with Gasteiger partial charge < -0.3 is 4.74 Å². The van der Waals surface area contributed by atoms with E-state index in [1.165, 1.54) is 23.1 Å². The molecule has 25 heavy (non-hydrogen) atoms. The van der Waals surface area contributed by atoms with E-state index in [1.54, 1.807) is 31.9 Å². The SMILES string of the molecule is COc1ccc(C(C)=O)cc1CSc1nnc(N(C(C)=O)C2CC2)s1. The maximum atomic E-state index is 11.8. The average Bonchev–Trinajstić information content (AvgIpc) is 3.30. The molecule has 0 N–H and O–H groups in total. The summed E-state index contributed by atoms with van der Waals surface area (Å²) in [5.41, 5.74) is 1.59. The first-order valence-electron chi connectivity index (χ1n) is 7.93. The van der Waals surface area contributed by atoms with Gasteiger partial charge in [-0.3, -0.25) is 14.5 Å². The molecule has 1 amide bonds. The number of hydrogen-bond donors (Lipinski definition) is 0. The lowest BCUT2D eigenvalue weighted by molar-refractivity contribution is -0.116. The molecule has 1 saturated carbocycles. The minimum Gasteiger partial charge on any atom is -0.496 e. The second-order valence-corrected chi connectivity index (χ2v) is 8.02. The Morgan fingerprint density at radius 3 is 2.68 bits per heavy atom. The van der Waals surface area contributed by atoms with E-state index in [1.807, 2.05) is 12.1 Å². The van der Waals surface area contributed by atoms with E-state index in [0.29, 0.717) is 16.4 Å². The predicted octanol–water partition coefficient (Wildman–Crippen LogP) is 3.56. The van der Waals surface area contributed by atoms with Gasteiger partial charge in [0.25, 0.3) is 0 Å². The predicted molar refractivity (Wildman–Crippen MR) is 98.7 cm³/mol. The third kappa shape index (κ3) is 4.19. The summed E-state index contributed by atoms with van der Waals surface area (Å²) in [7, 11) is 1.61. The molecule has 2 aromatic rings. The number of benzene rings is 1. The zero-order valence-electron chi connectivity index (χ0n) is 14.3. The van der Waals surface area contributed by atoms with Crippen LogP contribution in [0.5, 0.6) is 5.75 Å². The Balaban J connectivity index is 1.73. The van der Waals surface area contributed by atoms with Crippen LogP contribution < -0.4 is 9.64 Å². The van der Waals surface area contributed by atoms with Crippen molar-refractivity contribution in [2.24, 2.45) is 0 Å². The number of methoxy groups -OCH3 is 1. The van der Waals surface area contributed by atoms with Gasteiger partial charge in [0.2, 0.25) is 11.0 Å².